The molecule has 9 nitrogen and oxygen atoms in total. The Balaban J connectivity index is 1.41. The van der Waals surface area contributed by atoms with Crippen LogP contribution < -0.4 is 20.3 Å². The zero-order valence-electron chi connectivity index (χ0n) is 22.8. The molecule has 4 aromatic rings. The standard InChI is InChI=1S/C30H31F2N5O4/c1-4-27(38)35-21-16-18(37-14-12-36(5-2)13-15-37)6-8-20(21)33-26-11-10-23-22(34-26)17-25(41-23)30(39)28-19(31)7-9-24(40-3)29(28)32/h4,6-11,16-17,30,39H,1,5,12-15H2,2-3H3,(H,33,34)(H,35,38). The highest BCUT2D eigenvalue weighted by atomic mass is 19.1. The van der Waals surface area contributed by atoms with E-state index in [2.05, 4.69) is 38.9 Å². The van der Waals surface area contributed by atoms with E-state index in [1.54, 1.807) is 12.1 Å². The summed E-state index contributed by atoms with van der Waals surface area (Å²) < 4.78 is 39.7. The number of piperazine rings is 1. The topological polar surface area (TPSA) is 103 Å². The first kappa shape index (κ1) is 28.1. The number of aromatic nitrogens is 1. The van der Waals surface area contributed by atoms with Crippen molar-refractivity contribution in [1.82, 2.24) is 9.88 Å². The number of nitrogens with zero attached hydrogens (tertiary/aromatic N) is 3. The van der Waals surface area contributed by atoms with E-state index in [-0.39, 0.29) is 17.4 Å². The summed E-state index contributed by atoms with van der Waals surface area (Å²) in [7, 11) is 1.25. The zero-order valence-corrected chi connectivity index (χ0v) is 22.8. The van der Waals surface area contributed by atoms with E-state index in [1.165, 1.54) is 19.3 Å². The van der Waals surface area contributed by atoms with Gasteiger partial charge in [-0.2, -0.15) is 0 Å². The van der Waals surface area contributed by atoms with Crippen LogP contribution in [0.2, 0.25) is 0 Å². The molecular formula is C30H31F2N5O4. The third kappa shape index (κ3) is 5.86. The van der Waals surface area contributed by atoms with Gasteiger partial charge in [-0.15, -0.1) is 0 Å². The van der Waals surface area contributed by atoms with Crippen molar-refractivity contribution < 1.29 is 27.8 Å². The lowest BCUT2D eigenvalue weighted by atomic mass is 10.1. The largest absolute Gasteiger partial charge is 0.494 e. The molecule has 5 rings (SSSR count). The number of carbonyl (C=O) groups is 1. The van der Waals surface area contributed by atoms with E-state index < -0.39 is 23.3 Å². The summed E-state index contributed by atoms with van der Waals surface area (Å²) in [6.07, 6.45) is -0.518. The molecule has 214 valence electrons. The number of hydrogen-bond acceptors (Lipinski definition) is 8. The summed E-state index contributed by atoms with van der Waals surface area (Å²) in [5, 5.41) is 16.8. The number of fused-ring (bicyclic) bond motifs is 1. The normalized spacial score (nSPS) is 14.6. The number of carbonyl (C=O) groups excluding carboxylic acids is 1. The molecule has 0 aliphatic carbocycles. The monoisotopic (exact) mass is 563 g/mol. The fraction of sp³-hybridized carbons (Fsp3) is 0.267. The fourth-order valence-electron chi connectivity index (χ4n) is 4.83. The minimum atomic E-state index is -1.72. The molecule has 1 fully saturated rings. The highest BCUT2D eigenvalue weighted by Crippen LogP contribution is 2.35. The Kier molecular flexibility index (Phi) is 8.18. The van der Waals surface area contributed by atoms with Crippen LogP contribution in [0.1, 0.15) is 24.4 Å². The summed E-state index contributed by atoms with van der Waals surface area (Å²) in [6.45, 7) is 10.4. The van der Waals surface area contributed by atoms with Crippen molar-refractivity contribution >= 4 is 39.9 Å². The predicted octanol–water partition coefficient (Wildman–Crippen LogP) is 5.21. The predicted molar refractivity (Wildman–Crippen MR) is 154 cm³/mol. The van der Waals surface area contributed by atoms with Crippen molar-refractivity contribution in [1.29, 1.82) is 0 Å². The highest BCUT2D eigenvalue weighted by Gasteiger charge is 2.26. The molecule has 1 atom stereocenters. The Hall–Kier alpha value is -4.48. The number of methoxy groups -OCH3 is 1. The van der Waals surface area contributed by atoms with Crippen molar-refractivity contribution in [2.45, 2.75) is 13.0 Å². The molecule has 1 amide bonds. The number of amides is 1. The van der Waals surface area contributed by atoms with Crippen LogP contribution in [-0.4, -0.2) is 60.7 Å². The van der Waals surface area contributed by atoms with Crippen molar-refractivity contribution in [3.05, 3.63) is 84.1 Å². The molecule has 0 spiro atoms. The van der Waals surface area contributed by atoms with Crippen molar-refractivity contribution in [3.63, 3.8) is 0 Å². The smallest absolute Gasteiger partial charge is 0.247 e. The van der Waals surface area contributed by atoms with Gasteiger partial charge in [-0.1, -0.05) is 13.5 Å². The van der Waals surface area contributed by atoms with Crippen molar-refractivity contribution in [2.24, 2.45) is 0 Å². The SMILES string of the molecule is C=CC(=O)Nc1cc(N2CCN(CC)CC2)ccc1Nc1ccc2oc(C(O)c3c(F)ccc(OC)c3F)cc2n1. The van der Waals surface area contributed by atoms with E-state index in [1.807, 2.05) is 18.2 Å². The molecule has 3 N–H and O–H groups in total. The number of ether oxygens (including phenoxy) is 1. The molecule has 1 unspecified atom stereocenters. The number of furan rings is 1. The zero-order chi connectivity index (χ0) is 29.1. The van der Waals surface area contributed by atoms with Crippen molar-refractivity contribution in [2.75, 3.05) is 55.4 Å². The van der Waals surface area contributed by atoms with Crippen LogP contribution in [0, 0.1) is 11.6 Å². The summed E-state index contributed by atoms with van der Waals surface area (Å²) >= 11 is 0. The molecule has 0 radical (unpaired) electrons. The number of likely N-dealkylation sites (N-methyl/N-ethyl adjacent to an activating group) is 1. The number of aliphatic hydroxyl groups is 1. The quantitative estimate of drug-likeness (QED) is 0.239. The van der Waals surface area contributed by atoms with E-state index in [0.717, 1.165) is 50.5 Å². The average Bonchev–Trinajstić information content (AvgIpc) is 3.42. The number of rotatable bonds is 9. The Labute approximate surface area is 236 Å². The van der Waals surface area contributed by atoms with Crippen LogP contribution in [-0.2, 0) is 4.79 Å². The fourth-order valence-corrected chi connectivity index (χ4v) is 4.83. The molecular weight excluding hydrogens is 532 g/mol. The van der Waals surface area contributed by atoms with Gasteiger partial charge in [-0.05, 0) is 55.1 Å². The molecule has 1 aliphatic rings. The van der Waals surface area contributed by atoms with Gasteiger partial charge in [0.25, 0.3) is 0 Å². The Morgan fingerprint density at radius 3 is 2.63 bits per heavy atom. The van der Waals surface area contributed by atoms with Gasteiger partial charge >= 0.3 is 0 Å². The van der Waals surface area contributed by atoms with Gasteiger partial charge in [0, 0.05) is 37.9 Å². The van der Waals surface area contributed by atoms with Crippen LogP contribution >= 0.6 is 0 Å². The van der Waals surface area contributed by atoms with Gasteiger partial charge in [0.05, 0.1) is 24.0 Å². The van der Waals surface area contributed by atoms with E-state index in [0.29, 0.717) is 28.3 Å². The van der Waals surface area contributed by atoms with Gasteiger partial charge < -0.3 is 34.7 Å². The van der Waals surface area contributed by atoms with Gasteiger partial charge in [-0.25, -0.2) is 13.8 Å². The van der Waals surface area contributed by atoms with E-state index >= 15 is 0 Å². The first-order chi connectivity index (χ1) is 19.8. The Morgan fingerprint density at radius 2 is 1.93 bits per heavy atom. The number of hydrogen-bond donors (Lipinski definition) is 3. The second-order valence-electron chi connectivity index (χ2n) is 9.58. The lowest BCUT2D eigenvalue weighted by molar-refractivity contribution is -0.111. The first-order valence-electron chi connectivity index (χ1n) is 13.2. The van der Waals surface area contributed by atoms with Crippen molar-refractivity contribution in [3.8, 4) is 5.75 Å². The molecule has 2 aromatic carbocycles. The molecule has 3 heterocycles. The van der Waals surface area contributed by atoms with Gasteiger partial charge in [0.2, 0.25) is 5.91 Å². The Bertz CT molecular complexity index is 1580. The average molecular weight is 564 g/mol. The van der Waals surface area contributed by atoms with Gasteiger partial charge in [0.15, 0.2) is 17.1 Å². The maximum absolute atomic E-state index is 14.7. The summed E-state index contributed by atoms with van der Waals surface area (Å²) in [5.74, 6) is -2.15. The second kappa shape index (κ2) is 11.9. The summed E-state index contributed by atoms with van der Waals surface area (Å²) in [5.41, 5.74) is 2.23. The minimum Gasteiger partial charge on any atom is -0.494 e. The third-order valence-electron chi connectivity index (χ3n) is 7.14. The molecule has 2 aromatic heterocycles. The summed E-state index contributed by atoms with van der Waals surface area (Å²) in [4.78, 5) is 21.4. The van der Waals surface area contributed by atoms with Crippen LogP contribution in [0.4, 0.5) is 31.7 Å². The van der Waals surface area contributed by atoms with E-state index in [4.69, 9.17) is 9.15 Å². The molecule has 41 heavy (non-hydrogen) atoms. The summed E-state index contributed by atoms with van der Waals surface area (Å²) in [6, 6.07) is 12.6. The van der Waals surface area contributed by atoms with Crippen LogP contribution in [0.3, 0.4) is 0 Å². The number of benzene rings is 2. The lowest BCUT2D eigenvalue weighted by Gasteiger charge is -2.35. The lowest BCUT2D eigenvalue weighted by Crippen LogP contribution is -2.46. The Morgan fingerprint density at radius 1 is 1.15 bits per heavy atom. The third-order valence-corrected chi connectivity index (χ3v) is 7.14. The number of halogens is 2. The van der Waals surface area contributed by atoms with Gasteiger partial charge in [0.1, 0.15) is 29.0 Å². The maximum atomic E-state index is 14.7. The minimum absolute atomic E-state index is 0.0813. The van der Waals surface area contributed by atoms with Crippen LogP contribution in [0.25, 0.3) is 11.1 Å². The number of nitrogens with one attached hydrogen (secondary N) is 2. The number of pyridine rings is 1. The molecule has 1 aliphatic heterocycles. The molecule has 1 saturated heterocycles. The van der Waals surface area contributed by atoms with Crippen LogP contribution in [0.5, 0.6) is 5.75 Å². The van der Waals surface area contributed by atoms with E-state index in [9.17, 15) is 18.7 Å². The molecule has 0 bridgehead atoms. The number of anilines is 4. The highest BCUT2D eigenvalue weighted by molar-refractivity contribution is 6.02. The van der Waals surface area contributed by atoms with Crippen LogP contribution in [0.15, 0.2) is 65.6 Å². The number of aliphatic hydroxyl groups excluding tert-OH is 1. The maximum Gasteiger partial charge on any atom is 0.247 e. The van der Waals surface area contributed by atoms with Gasteiger partial charge in [-0.3, -0.25) is 4.79 Å². The first-order valence-corrected chi connectivity index (χ1v) is 13.2. The second-order valence-corrected chi connectivity index (χ2v) is 9.58. The molecule has 11 heteroatoms. The molecule has 0 saturated carbocycles.